The number of nitrogens with zero attached hydrogens (tertiary/aromatic N) is 2. The Morgan fingerprint density at radius 2 is 1.88 bits per heavy atom. The second-order valence-electron chi connectivity index (χ2n) is 10.8. The summed E-state index contributed by atoms with van der Waals surface area (Å²) in [5.74, 6) is -2.24. The van der Waals surface area contributed by atoms with Crippen molar-refractivity contribution in [2.45, 2.75) is 71.9 Å². The van der Waals surface area contributed by atoms with Gasteiger partial charge in [-0.1, -0.05) is 11.6 Å². The number of carbonyl (C=O) groups excluding carboxylic acids is 3. The van der Waals surface area contributed by atoms with Crippen molar-refractivity contribution in [1.82, 2.24) is 20.7 Å². The average Bonchev–Trinajstić information content (AvgIpc) is 3.15. The van der Waals surface area contributed by atoms with Crippen molar-refractivity contribution < 1.29 is 37.7 Å². The standard InChI is InChI=1S/C27H34ClFN4O7/c1-15(2)39-22-9-8-16(12-30-22)23(34)31-32-24(35)18-10-20(29)21(11-19(18)28)37-13-17-14-38-27(6,7)33(17)25(36)40-26(3,4)5/h8-12,15,17H,13-14H2,1-7H3,(H,31,34)(H,32,35). The van der Waals surface area contributed by atoms with E-state index in [0.717, 1.165) is 12.1 Å². The van der Waals surface area contributed by atoms with Crippen molar-refractivity contribution in [3.63, 3.8) is 0 Å². The van der Waals surface area contributed by atoms with E-state index in [1.54, 1.807) is 34.6 Å². The molecule has 3 amide bonds. The Hall–Kier alpha value is -3.64. The number of aromatic nitrogens is 1. The van der Waals surface area contributed by atoms with Crippen molar-refractivity contribution in [2.24, 2.45) is 0 Å². The first-order valence-electron chi connectivity index (χ1n) is 12.6. The van der Waals surface area contributed by atoms with Gasteiger partial charge in [-0.25, -0.2) is 14.2 Å². The smallest absolute Gasteiger partial charge is 0.413 e. The van der Waals surface area contributed by atoms with Gasteiger partial charge in [-0.3, -0.25) is 25.3 Å². The van der Waals surface area contributed by atoms with E-state index in [-0.39, 0.29) is 41.2 Å². The molecule has 2 N–H and O–H groups in total. The number of hydrazine groups is 1. The summed E-state index contributed by atoms with van der Waals surface area (Å²) in [6.45, 7) is 12.4. The summed E-state index contributed by atoms with van der Waals surface area (Å²) in [4.78, 5) is 43.1. The van der Waals surface area contributed by atoms with Gasteiger partial charge in [0.05, 0.1) is 34.9 Å². The minimum absolute atomic E-state index is 0.0794. The van der Waals surface area contributed by atoms with E-state index in [1.165, 1.54) is 23.2 Å². The fourth-order valence-electron chi connectivity index (χ4n) is 3.76. The van der Waals surface area contributed by atoms with Crippen LogP contribution in [-0.2, 0) is 9.47 Å². The molecule has 1 aromatic carbocycles. The summed E-state index contributed by atoms with van der Waals surface area (Å²) in [6.07, 6.45) is 0.620. The van der Waals surface area contributed by atoms with Gasteiger partial charge in [-0.2, -0.15) is 0 Å². The lowest BCUT2D eigenvalue weighted by Gasteiger charge is -2.35. The van der Waals surface area contributed by atoms with Crippen LogP contribution in [0.15, 0.2) is 30.5 Å². The molecule has 1 aliphatic rings. The lowest BCUT2D eigenvalue weighted by Crippen LogP contribution is -2.51. The molecule has 3 rings (SSSR count). The molecule has 1 aromatic heterocycles. The summed E-state index contributed by atoms with van der Waals surface area (Å²) >= 11 is 6.23. The number of amides is 3. The van der Waals surface area contributed by atoms with Crippen LogP contribution in [0, 0.1) is 5.82 Å². The number of hydrogen-bond donors (Lipinski definition) is 2. The minimum atomic E-state index is -0.959. The Bertz CT molecular complexity index is 1250. The fraction of sp³-hybridized carbons (Fsp3) is 0.481. The van der Waals surface area contributed by atoms with Crippen molar-refractivity contribution in [3.8, 4) is 11.6 Å². The van der Waals surface area contributed by atoms with Crippen LogP contribution < -0.4 is 20.3 Å². The second-order valence-corrected chi connectivity index (χ2v) is 11.2. The molecule has 1 unspecified atom stereocenters. The Kier molecular flexibility index (Phi) is 9.47. The molecular formula is C27H34ClFN4O7. The quantitative estimate of drug-likeness (QED) is 0.459. The van der Waals surface area contributed by atoms with Crippen molar-refractivity contribution in [1.29, 1.82) is 0 Å². The molecule has 0 aliphatic carbocycles. The van der Waals surface area contributed by atoms with E-state index in [2.05, 4.69) is 15.8 Å². The molecule has 2 heterocycles. The summed E-state index contributed by atoms with van der Waals surface area (Å²) < 4.78 is 37.1. The van der Waals surface area contributed by atoms with Gasteiger partial charge in [-0.05, 0) is 60.6 Å². The van der Waals surface area contributed by atoms with Crippen molar-refractivity contribution in [2.75, 3.05) is 13.2 Å². The summed E-state index contributed by atoms with van der Waals surface area (Å²) in [5, 5.41) is -0.119. The molecule has 40 heavy (non-hydrogen) atoms. The number of halogens is 2. The molecule has 1 fully saturated rings. The normalized spacial score (nSPS) is 16.4. The Balaban J connectivity index is 1.62. The molecule has 0 spiro atoms. The van der Waals surface area contributed by atoms with Gasteiger partial charge >= 0.3 is 6.09 Å². The molecule has 1 atom stereocenters. The zero-order chi connectivity index (χ0) is 29.8. The molecule has 2 aromatic rings. The number of carbonyl (C=O) groups is 3. The number of nitrogens with one attached hydrogen (secondary N) is 2. The van der Waals surface area contributed by atoms with Crippen LogP contribution in [0.4, 0.5) is 9.18 Å². The van der Waals surface area contributed by atoms with E-state index < -0.39 is 41.1 Å². The lowest BCUT2D eigenvalue weighted by molar-refractivity contribution is -0.0637. The lowest BCUT2D eigenvalue weighted by atomic mass is 10.2. The Labute approximate surface area is 237 Å². The fourth-order valence-corrected chi connectivity index (χ4v) is 4.00. The van der Waals surface area contributed by atoms with Crippen LogP contribution in [0.25, 0.3) is 0 Å². The highest BCUT2D eigenvalue weighted by Gasteiger charge is 2.46. The van der Waals surface area contributed by atoms with Crippen LogP contribution in [0.1, 0.15) is 69.2 Å². The van der Waals surface area contributed by atoms with Crippen LogP contribution in [0.2, 0.25) is 5.02 Å². The maximum absolute atomic E-state index is 14.9. The van der Waals surface area contributed by atoms with Crippen molar-refractivity contribution in [3.05, 3.63) is 52.4 Å². The first kappa shape index (κ1) is 30.9. The Morgan fingerprint density at radius 3 is 2.48 bits per heavy atom. The van der Waals surface area contributed by atoms with E-state index in [0.29, 0.717) is 5.88 Å². The molecule has 11 nitrogen and oxygen atoms in total. The molecule has 1 saturated heterocycles. The summed E-state index contributed by atoms with van der Waals surface area (Å²) in [5.41, 5.74) is 2.67. The summed E-state index contributed by atoms with van der Waals surface area (Å²) in [7, 11) is 0. The van der Waals surface area contributed by atoms with E-state index in [1.807, 2.05) is 13.8 Å². The second kappa shape index (κ2) is 12.3. The molecule has 1 aliphatic heterocycles. The van der Waals surface area contributed by atoms with E-state index in [4.69, 9.17) is 30.5 Å². The minimum Gasteiger partial charge on any atom is -0.488 e. The highest BCUT2D eigenvalue weighted by molar-refractivity contribution is 6.34. The van der Waals surface area contributed by atoms with E-state index in [9.17, 15) is 18.8 Å². The first-order valence-corrected chi connectivity index (χ1v) is 13.0. The van der Waals surface area contributed by atoms with Gasteiger partial charge in [0.1, 0.15) is 17.9 Å². The predicted octanol–water partition coefficient (Wildman–Crippen LogP) is 4.49. The monoisotopic (exact) mass is 580 g/mol. The maximum atomic E-state index is 14.9. The molecule has 0 bridgehead atoms. The Morgan fingerprint density at radius 1 is 1.20 bits per heavy atom. The zero-order valence-corrected chi connectivity index (χ0v) is 24.2. The molecule has 218 valence electrons. The van der Waals surface area contributed by atoms with Crippen LogP contribution in [0.5, 0.6) is 11.6 Å². The first-order chi connectivity index (χ1) is 18.6. The number of benzene rings is 1. The van der Waals surface area contributed by atoms with Crippen LogP contribution >= 0.6 is 11.6 Å². The van der Waals surface area contributed by atoms with Crippen LogP contribution in [0.3, 0.4) is 0 Å². The van der Waals surface area contributed by atoms with Gasteiger partial charge < -0.3 is 18.9 Å². The van der Waals surface area contributed by atoms with Gasteiger partial charge in [0.2, 0.25) is 5.88 Å². The number of ether oxygens (including phenoxy) is 4. The van der Waals surface area contributed by atoms with Gasteiger partial charge in [0.15, 0.2) is 11.6 Å². The molecule has 13 heteroatoms. The number of pyridine rings is 1. The zero-order valence-electron chi connectivity index (χ0n) is 23.5. The topological polar surface area (TPSA) is 128 Å². The van der Waals surface area contributed by atoms with Gasteiger partial charge in [0.25, 0.3) is 11.8 Å². The third-order valence-corrected chi connectivity index (χ3v) is 5.82. The molecule has 0 radical (unpaired) electrons. The maximum Gasteiger partial charge on any atom is 0.413 e. The van der Waals surface area contributed by atoms with Crippen molar-refractivity contribution >= 4 is 29.5 Å². The molecule has 0 saturated carbocycles. The highest BCUT2D eigenvalue weighted by atomic mass is 35.5. The average molecular weight is 581 g/mol. The third-order valence-electron chi connectivity index (χ3n) is 5.51. The van der Waals surface area contributed by atoms with Crippen LogP contribution in [-0.4, -0.2) is 64.5 Å². The highest BCUT2D eigenvalue weighted by Crippen LogP contribution is 2.31. The third kappa shape index (κ3) is 7.95. The number of hydrogen-bond acceptors (Lipinski definition) is 8. The van der Waals surface area contributed by atoms with Gasteiger partial charge in [-0.15, -0.1) is 0 Å². The van der Waals surface area contributed by atoms with E-state index >= 15 is 0 Å². The van der Waals surface area contributed by atoms with Gasteiger partial charge in [0, 0.05) is 18.3 Å². The molecular weight excluding hydrogens is 547 g/mol. The number of rotatable bonds is 7. The SMILES string of the molecule is CC(C)Oc1ccc(C(=O)NNC(=O)c2cc(F)c(OCC3COC(C)(C)N3C(=O)OC(C)(C)C)cc2Cl)cn1. The summed E-state index contributed by atoms with van der Waals surface area (Å²) in [6, 6.07) is 4.46. The largest absolute Gasteiger partial charge is 0.488 e. The predicted molar refractivity (Wildman–Crippen MR) is 144 cm³/mol.